The normalized spacial score (nSPS) is 17.0. The van der Waals surface area contributed by atoms with E-state index in [1.54, 1.807) is 0 Å². The predicted octanol–water partition coefficient (Wildman–Crippen LogP) is 1.03. The van der Waals surface area contributed by atoms with E-state index < -0.39 is 0 Å². The zero-order chi connectivity index (χ0) is 9.10. The number of thiophene rings is 1. The average molecular weight is 193 g/mol. The third kappa shape index (κ3) is 1.67. The van der Waals surface area contributed by atoms with Crippen LogP contribution < -0.4 is 10.2 Å². The van der Waals surface area contributed by atoms with E-state index in [0.29, 0.717) is 0 Å². The van der Waals surface area contributed by atoms with E-state index in [0.717, 1.165) is 36.7 Å². The van der Waals surface area contributed by atoms with Crippen molar-refractivity contribution >= 4 is 17.0 Å². The van der Waals surface area contributed by atoms with Crippen LogP contribution in [0.3, 0.4) is 0 Å². The molecule has 13 heavy (non-hydrogen) atoms. The standard InChI is InChI=1S/C9H11N3S/c10-7-9-8(1-6-13-9)12-4-2-11-3-5-12/h1,6,11H,2-5H2. The molecule has 68 valence electrons. The van der Waals surface area contributed by atoms with E-state index in [1.165, 1.54) is 11.3 Å². The van der Waals surface area contributed by atoms with Gasteiger partial charge in [-0.3, -0.25) is 0 Å². The Morgan fingerprint density at radius 1 is 1.46 bits per heavy atom. The van der Waals surface area contributed by atoms with Gasteiger partial charge in [-0.25, -0.2) is 0 Å². The van der Waals surface area contributed by atoms with Gasteiger partial charge in [-0.05, 0) is 11.4 Å². The number of hydrogen-bond donors (Lipinski definition) is 1. The number of nitrogens with one attached hydrogen (secondary N) is 1. The van der Waals surface area contributed by atoms with E-state index in [2.05, 4.69) is 16.3 Å². The second kappa shape index (κ2) is 3.77. The lowest BCUT2D eigenvalue weighted by molar-refractivity contribution is 0.589. The molecule has 0 aromatic carbocycles. The van der Waals surface area contributed by atoms with E-state index in [4.69, 9.17) is 5.26 Å². The van der Waals surface area contributed by atoms with Crippen LogP contribution in [0.25, 0.3) is 0 Å². The van der Waals surface area contributed by atoms with Gasteiger partial charge in [0.2, 0.25) is 0 Å². The SMILES string of the molecule is N#Cc1sccc1N1CCNCC1. The number of nitriles is 1. The quantitative estimate of drug-likeness (QED) is 0.724. The summed E-state index contributed by atoms with van der Waals surface area (Å²) in [5.74, 6) is 0. The van der Waals surface area contributed by atoms with Crippen LogP contribution >= 0.6 is 11.3 Å². The predicted molar refractivity (Wildman–Crippen MR) is 54.1 cm³/mol. The van der Waals surface area contributed by atoms with Gasteiger partial charge < -0.3 is 10.2 Å². The molecule has 0 unspecified atom stereocenters. The Bertz CT molecular complexity index is 320. The molecule has 4 heteroatoms. The molecular formula is C9H11N3S. The van der Waals surface area contributed by atoms with Crippen molar-refractivity contribution in [2.75, 3.05) is 31.1 Å². The second-order valence-electron chi connectivity index (χ2n) is 2.98. The Hall–Kier alpha value is -1.05. The molecule has 1 aliphatic heterocycles. The fraction of sp³-hybridized carbons (Fsp3) is 0.444. The maximum atomic E-state index is 8.86. The molecular weight excluding hydrogens is 182 g/mol. The van der Waals surface area contributed by atoms with Gasteiger partial charge in [-0.2, -0.15) is 5.26 Å². The van der Waals surface area contributed by atoms with Crippen LogP contribution in [0.5, 0.6) is 0 Å². The summed E-state index contributed by atoms with van der Waals surface area (Å²) < 4.78 is 0. The summed E-state index contributed by atoms with van der Waals surface area (Å²) in [6.07, 6.45) is 0. The zero-order valence-corrected chi connectivity index (χ0v) is 8.10. The molecule has 1 aliphatic rings. The minimum absolute atomic E-state index is 0.835. The molecule has 0 radical (unpaired) electrons. The van der Waals surface area contributed by atoms with E-state index in [1.807, 2.05) is 11.4 Å². The largest absolute Gasteiger partial charge is 0.367 e. The molecule has 1 aromatic rings. The van der Waals surface area contributed by atoms with Crippen LogP contribution in [0.2, 0.25) is 0 Å². The van der Waals surface area contributed by atoms with Gasteiger partial charge in [0.05, 0.1) is 5.69 Å². The van der Waals surface area contributed by atoms with Crippen LogP contribution in [0, 0.1) is 11.3 Å². The summed E-state index contributed by atoms with van der Waals surface area (Å²) in [6.45, 7) is 4.04. The maximum Gasteiger partial charge on any atom is 0.128 e. The lowest BCUT2D eigenvalue weighted by Gasteiger charge is -2.28. The first-order valence-electron chi connectivity index (χ1n) is 4.35. The van der Waals surface area contributed by atoms with Crippen LogP contribution in [0.1, 0.15) is 4.88 Å². The lowest BCUT2D eigenvalue weighted by atomic mass is 10.3. The highest BCUT2D eigenvalue weighted by Crippen LogP contribution is 2.25. The molecule has 1 saturated heterocycles. The number of anilines is 1. The topological polar surface area (TPSA) is 39.1 Å². The van der Waals surface area contributed by atoms with Crippen molar-refractivity contribution in [3.05, 3.63) is 16.3 Å². The summed E-state index contributed by atoms with van der Waals surface area (Å²) in [5.41, 5.74) is 1.11. The molecule has 1 aromatic heterocycles. The van der Waals surface area contributed by atoms with Gasteiger partial charge in [-0.15, -0.1) is 11.3 Å². The monoisotopic (exact) mass is 193 g/mol. The van der Waals surface area contributed by atoms with Crippen molar-refractivity contribution in [3.8, 4) is 6.07 Å². The summed E-state index contributed by atoms with van der Waals surface area (Å²) in [6, 6.07) is 4.27. The average Bonchev–Trinajstić information content (AvgIpc) is 2.67. The van der Waals surface area contributed by atoms with Crippen molar-refractivity contribution in [2.24, 2.45) is 0 Å². The number of hydrogen-bond acceptors (Lipinski definition) is 4. The Morgan fingerprint density at radius 2 is 2.23 bits per heavy atom. The molecule has 0 saturated carbocycles. The highest BCUT2D eigenvalue weighted by atomic mass is 32.1. The Labute approximate surface area is 81.6 Å². The number of rotatable bonds is 1. The molecule has 1 fully saturated rings. The van der Waals surface area contributed by atoms with E-state index in [9.17, 15) is 0 Å². The molecule has 2 rings (SSSR count). The number of nitrogens with zero attached hydrogens (tertiary/aromatic N) is 2. The minimum Gasteiger partial charge on any atom is -0.367 e. The van der Waals surface area contributed by atoms with Crippen LogP contribution in [-0.4, -0.2) is 26.2 Å². The molecule has 0 atom stereocenters. The van der Waals surface area contributed by atoms with E-state index in [-0.39, 0.29) is 0 Å². The summed E-state index contributed by atoms with van der Waals surface area (Å²) >= 11 is 1.52. The maximum absolute atomic E-state index is 8.86. The zero-order valence-electron chi connectivity index (χ0n) is 7.29. The van der Waals surface area contributed by atoms with Crippen LogP contribution in [0.15, 0.2) is 11.4 Å². The molecule has 0 amide bonds. The Balaban J connectivity index is 2.19. The van der Waals surface area contributed by atoms with Crippen molar-refractivity contribution in [3.63, 3.8) is 0 Å². The van der Waals surface area contributed by atoms with Crippen molar-refractivity contribution in [1.29, 1.82) is 5.26 Å². The van der Waals surface area contributed by atoms with Crippen molar-refractivity contribution in [2.45, 2.75) is 0 Å². The molecule has 2 heterocycles. The Morgan fingerprint density at radius 3 is 2.92 bits per heavy atom. The van der Waals surface area contributed by atoms with Crippen LogP contribution in [-0.2, 0) is 0 Å². The van der Waals surface area contributed by atoms with Gasteiger partial charge in [-0.1, -0.05) is 0 Å². The molecule has 0 bridgehead atoms. The highest BCUT2D eigenvalue weighted by Gasteiger charge is 2.14. The van der Waals surface area contributed by atoms with Gasteiger partial charge in [0.1, 0.15) is 10.9 Å². The summed E-state index contributed by atoms with van der Waals surface area (Å²) in [4.78, 5) is 3.10. The Kier molecular flexibility index (Phi) is 2.48. The summed E-state index contributed by atoms with van der Waals surface area (Å²) in [7, 11) is 0. The van der Waals surface area contributed by atoms with Crippen molar-refractivity contribution < 1.29 is 0 Å². The van der Waals surface area contributed by atoms with Crippen molar-refractivity contribution in [1.82, 2.24) is 5.32 Å². The third-order valence-electron chi connectivity index (χ3n) is 2.20. The molecule has 0 spiro atoms. The lowest BCUT2D eigenvalue weighted by Crippen LogP contribution is -2.43. The van der Waals surface area contributed by atoms with Crippen LogP contribution in [0.4, 0.5) is 5.69 Å². The molecule has 0 aliphatic carbocycles. The first kappa shape index (κ1) is 8.54. The highest BCUT2D eigenvalue weighted by molar-refractivity contribution is 7.11. The minimum atomic E-state index is 0.835. The van der Waals surface area contributed by atoms with Gasteiger partial charge >= 0.3 is 0 Å². The first-order valence-corrected chi connectivity index (χ1v) is 5.23. The fourth-order valence-corrected chi connectivity index (χ4v) is 2.24. The van der Waals surface area contributed by atoms with Gasteiger partial charge in [0.25, 0.3) is 0 Å². The smallest absolute Gasteiger partial charge is 0.128 e. The summed E-state index contributed by atoms with van der Waals surface area (Å²) in [5, 5.41) is 14.1. The molecule has 1 N–H and O–H groups in total. The van der Waals surface area contributed by atoms with Gasteiger partial charge in [0, 0.05) is 26.2 Å². The molecule has 3 nitrogen and oxygen atoms in total. The van der Waals surface area contributed by atoms with Gasteiger partial charge in [0.15, 0.2) is 0 Å². The second-order valence-corrected chi connectivity index (χ2v) is 3.90. The fourth-order valence-electron chi connectivity index (χ4n) is 1.54. The number of piperazine rings is 1. The third-order valence-corrected chi connectivity index (χ3v) is 3.01. The first-order chi connectivity index (χ1) is 6.42. The van der Waals surface area contributed by atoms with E-state index >= 15 is 0 Å².